The Labute approximate surface area is 270 Å². The normalized spacial score (nSPS) is 15.0. The first kappa shape index (κ1) is 30.6. The molecule has 0 amide bonds. The first-order valence-corrected chi connectivity index (χ1v) is 16.1. The topological polar surface area (TPSA) is 74.8 Å². The van der Waals surface area contributed by atoms with Crippen molar-refractivity contribution in [1.82, 2.24) is 9.13 Å². The van der Waals surface area contributed by atoms with Crippen LogP contribution >= 0.6 is 22.9 Å². The average molecular weight is 640 g/mol. The zero-order valence-electron chi connectivity index (χ0n) is 25.8. The van der Waals surface area contributed by atoms with Crippen LogP contribution in [0.4, 0.5) is 0 Å². The van der Waals surface area contributed by atoms with Gasteiger partial charge in [0.25, 0.3) is 5.56 Å². The van der Waals surface area contributed by atoms with Crippen LogP contribution in [0.5, 0.6) is 5.75 Å². The predicted octanol–water partition coefficient (Wildman–Crippen LogP) is 6.55. The molecule has 0 bridgehead atoms. The summed E-state index contributed by atoms with van der Waals surface area (Å²) >= 11 is 7.46. The van der Waals surface area contributed by atoms with Gasteiger partial charge in [0.2, 0.25) is 0 Å². The van der Waals surface area contributed by atoms with Gasteiger partial charge in [-0.15, -0.1) is 0 Å². The number of carbonyl (C=O) groups excluding carboxylic acids is 1. The van der Waals surface area contributed by atoms with Crippen molar-refractivity contribution in [3.8, 4) is 5.75 Å². The number of carbonyl (C=O) groups is 1. The number of rotatable bonds is 8. The summed E-state index contributed by atoms with van der Waals surface area (Å²) in [5.74, 6) is 0.228. The van der Waals surface area contributed by atoms with E-state index in [0.717, 1.165) is 33.3 Å². The zero-order chi connectivity index (χ0) is 31.8. The second-order valence-electron chi connectivity index (χ2n) is 11.3. The van der Waals surface area contributed by atoms with Crippen LogP contribution in [-0.2, 0) is 16.1 Å². The molecule has 0 radical (unpaired) electrons. The van der Waals surface area contributed by atoms with Gasteiger partial charge in [-0.1, -0.05) is 65.4 Å². The Kier molecular flexibility index (Phi) is 8.53. The largest absolute Gasteiger partial charge is 0.494 e. The van der Waals surface area contributed by atoms with E-state index in [9.17, 15) is 9.59 Å². The summed E-state index contributed by atoms with van der Waals surface area (Å²) in [5.41, 5.74) is 5.65. The van der Waals surface area contributed by atoms with Crippen molar-refractivity contribution in [2.45, 2.75) is 53.3 Å². The number of thiazole rings is 1. The second-order valence-corrected chi connectivity index (χ2v) is 12.7. The number of nitrogens with zero attached hydrogens (tertiary/aromatic N) is 3. The number of hydrogen-bond acceptors (Lipinski definition) is 6. The Morgan fingerprint density at radius 2 is 1.76 bits per heavy atom. The maximum Gasteiger partial charge on any atom is 0.338 e. The van der Waals surface area contributed by atoms with Gasteiger partial charge in [-0.3, -0.25) is 9.36 Å². The summed E-state index contributed by atoms with van der Waals surface area (Å²) in [5, 5.41) is 1.75. The first-order chi connectivity index (χ1) is 21.7. The summed E-state index contributed by atoms with van der Waals surface area (Å²) in [6.45, 7) is 10.6. The highest BCUT2D eigenvalue weighted by molar-refractivity contribution is 7.07. The third-order valence-electron chi connectivity index (χ3n) is 7.90. The van der Waals surface area contributed by atoms with E-state index >= 15 is 0 Å². The van der Waals surface area contributed by atoms with E-state index in [4.69, 9.17) is 26.1 Å². The number of para-hydroxylation sites is 1. The third-order valence-corrected chi connectivity index (χ3v) is 9.14. The van der Waals surface area contributed by atoms with Crippen molar-refractivity contribution < 1.29 is 14.3 Å². The molecule has 1 atom stereocenters. The van der Waals surface area contributed by atoms with E-state index in [1.165, 1.54) is 11.3 Å². The highest BCUT2D eigenvalue weighted by Crippen LogP contribution is 2.32. The fourth-order valence-corrected chi connectivity index (χ4v) is 6.99. The van der Waals surface area contributed by atoms with Gasteiger partial charge < -0.3 is 14.0 Å². The van der Waals surface area contributed by atoms with E-state index in [1.54, 1.807) is 25.3 Å². The zero-order valence-corrected chi connectivity index (χ0v) is 27.4. The lowest BCUT2D eigenvalue weighted by Crippen LogP contribution is -2.40. The SMILES string of the molecule is CCOc1ccc([C@@H]2C(C(=O)OC(C)C)=C(C)N=c3s/c(=C/c4c(C)n(Cc5ccc(Cl)cc5)c5ccccc45)c(=O)n32)cc1. The molecular weight excluding hydrogens is 606 g/mol. The fraction of sp³-hybridized carbons (Fsp3) is 0.250. The number of halogens is 1. The number of fused-ring (bicyclic) bond motifs is 2. The summed E-state index contributed by atoms with van der Waals surface area (Å²) in [4.78, 5) is 33.1. The molecule has 5 aromatic rings. The molecule has 3 aromatic carbocycles. The number of ether oxygens (including phenoxy) is 2. The summed E-state index contributed by atoms with van der Waals surface area (Å²) < 4.78 is 15.7. The van der Waals surface area contributed by atoms with Crippen molar-refractivity contribution in [2.24, 2.45) is 4.99 Å². The van der Waals surface area contributed by atoms with Gasteiger partial charge >= 0.3 is 5.97 Å². The van der Waals surface area contributed by atoms with E-state index in [0.29, 0.717) is 44.5 Å². The Bertz CT molecular complexity index is 2120. The van der Waals surface area contributed by atoms with Gasteiger partial charge in [0.15, 0.2) is 4.80 Å². The lowest BCUT2D eigenvalue weighted by atomic mass is 9.96. The Morgan fingerprint density at radius 3 is 2.44 bits per heavy atom. The molecule has 7 nitrogen and oxygen atoms in total. The van der Waals surface area contributed by atoms with Gasteiger partial charge in [-0.2, -0.15) is 0 Å². The van der Waals surface area contributed by atoms with Gasteiger partial charge in [0.05, 0.1) is 34.6 Å². The Balaban J connectivity index is 1.52. The van der Waals surface area contributed by atoms with Crippen LogP contribution in [0.3, 0.4) is 0 Å². The first-order valence-electron chi connectivity index (χ1n) is 14.9. The molecule has 9 heteroatoms. The maximum atomic E-state index is 14.3. The van der Waals surface area contributed by atoms with Gasteiger partial charge in [-0.25, -0.2) is 9.79 Å². The molecular formula is C36H34ClN3O4S. The molecule has 3 heterocycles. The molecule has 2 aromatic heterocycles. The van der Waals surface area contributed by atoms with E-state index in [1.807, 2.05) is 73.7 Å². The van der Waals surface area contributed by atoms with Gasteiger partial charge in [-0.05, 0) is 82.2 Å². The lowest BCUT2D eigenvalue weighted by Gasteiger charge is -2.25. The minimum absolute atomic E-state index is 0.214. The number of allylic oxidation sites excluding steroid dienone is 1. The van der Waals surface area contributed by atoms with Gasteiger partial charge in [0.1, 0.15) is 5.75 Å². The van der Waals surface area contributed by atoms with Crippen LogP contribution in [0.15, 0.2) is 93.9 Å². The molecule has 0 saturated carbocycles. The van der Waals surface area contributed by atoms with Crippen molar-refractivity contribution in [1.29, 1.82) is 0 Å². The molecule has 230 valence electrons. The molecule has 45 heavy (non-hydrogen) atoms. The summed E-state index contributed by atoms with van der Waals surface area (Å²) in [6, 6.07) is 22.9. The van der Waals surface area contributed by atoms with Gasteiger partial charge in [0, 0.05) is 33.7 Å². The number of benzene rings is 3. The molecule has 0 N–H and O–H groups in total. The molecule has 0 unspecified atom stereocenters. The average Bonchev–Trinajstić information content (AvgIpc) is 3.46. The van der Waals surface area contributed by atoms with Crippen LogP contribution in [-0.4, -0.2) is 27.8 Å². The molecule has 1 aliphatic heterocycles. The fourth-order valence-electron chi connectivity index (χ4n) is 5.84. The van der Waals surface area contributed by atoms with Crippen molar-refractivity contribution in [3.05, 3.63) is 131 Å². The van der Waals surface area contributed by atoms with Crippen LogP contribution in [0.1, 0.15) is 56.1 Å². The molecule has 0 spiro atoms. The minimum Gasteiger partial charge on any atom is -0.494 e. The maximum absolute atomic E-state index is 14.3. The summed E-state index contributed by atoms with van der Waals surface area (Å²) in [6.07, 6.45) is 1.64. The predicted molar refractivity (Wildman–Crippen MR) is 180 cm³/mol. The molecule has 1 aliphatic rings. The van der Waals surface area contributed by atoms with Crippen molar-refractivity contribution >= 4 is 45.9 Å². The van der Waals surface area contributed by atoms with Crippen LogP contribution < -0.4 is 19.6 Å². The second kappa shape index (κ2) is 12.5. The van der Waals surface area contributed by atoms with E-state index in [2.05, 4.69) is 23.6 Å². The monoisotopic (exact) mass is 639 g/mol. The molecule has 6 rings (SSSR count). The van der Waals surface area contributed by atoms with Crippen LogP contribution in [0.2, 0.25) is 5.02 Å². The number of esters is 1. The molecule has 0 fully saturated rings. The van der Waals surface area contributed by atoms with Crippen LogP contribution in [0.25, 0.3) is 17.0 Å². The Morgan fingerprint density at radius 1 is 1.04 bits per heavy atom. The number of aromatic nitrogens is 2. The van der Waals surface area contributed by atoms with E-state index in [-0.39, 0.29) is 11.7 Å². The quantitative estimate of drug-likeness (QED) is 0.181. The minimum atomic E-state index is -0.697. The lowest BCUT2D eigenvalue weighted by molar-refractivity contribution is -0.143. The highest BCUT2D eigenvalue weighted by Gasteiger charge is 2.34. The molecule has 0 aliphatic carbocycles. The van der Waals surface area contributed by atoms with E-state index < -0.39 is 12.0 Å². The standard InChI is InChI=1S/C36H34ClN3O4S/c1-6-43-27-17-13-25(14-18-27)33-32(35(42)44-21(2)3)22(4)38-36-40(33)34(41)31(45-36)19-29-23(5)39(30-10-8-7-9-28(29)30)20-24-11-15-26(37)16-12-24/h7-19,21,33H,6,20H2,1-5H3/b31-19+/t33-/m1/s1. The third kappa shape index (κ3) is 5.88. The Hall–Kier alpha value is -4.40. The van der Waals surface area contributed by atoms with Crippen LogP contribution in [0, 0.1) is 6.92 Å². The number of hydrogen-bond donors (Lipinski definition) is 0. The summed E-state index contributed by atoms with van der Waals surface area (Å²) in [7, 11) is 0. The van der Waals surface area contributed by atoms with Crippen molar-refractivity contribution in [3.63, 3.8) is 0 Å². The van der Waals surface area contributed by atoms with Crippen molar-refractivity contribution in [2.75, 3.05) is 6.61 Å². The highest BCUT2D eigenvalue weighted by atomic mass is 35.5. The molecule has 0 saturated heterocycles. The smallest absolute Gasteiger partial charge is 0.338 e.